The smallest absolute Gasteiger partial charge is 0.247 e. The van der Waals surface area contributed by atoms with E-state index in [2.05, 4.69) is 20.2 Å². The van der Waals surface area contributed by atoms with Crippen LogP contribution in [0, 0.1) is 6.92 Å². The van der Waals surface area contributed by atoms with Gasteiger partial charge < -0.3 is 9.15 Å². The molecule has 2 aromatic heterocycles. The molecule has 26 heavy (non-hydrogen) atoms. The van der Waals surface area contributed by atoms with E-state index in [1.807, 2.05) is 48.3 Å². The second-order valence-electron chi connectivity index (χ2n) is 6.48. The summed E-state index contributed by atoms with van der Waals surface area (Å²) in [6, 6.07) is 7.36. The molecule has 1 aliphatic rings. The molecule has 0 spiro atoms. The molecule has 1 aromatic carbocycles. The van der Waals surface area contributed by atoms with Crippen LogP contribution in [-0.4, -0.2) is 50.7 Å². The second kappa shape index (κ2) is 7.57. The quantitative estimate of drug-likeness (QED) is 0.685. The molecule has 0 saturated carbocycles. The number of morpholine rings is 1. The average Bonchev–Trinajstić information content (AvgIpc) is 3.25. The van der Waals surface area contributed by atoms with Crippen LogP contribution in [0.5, 0.6) is 0 Å². The zero-order chi connectivity index (χ0) is 17.9. The second-order valence-corrected chi connectivity index (χ2v) is 6.91. The summed E-state index contributed by atoms with van der Waals surface area (Å²) in [5.74, 6) is 1.11. The molecular formula is C18H20ClN5O2. The van der Waals surface area contributed by atoms with E-state index >= 15 is 0 Å². The lowest BCUT2D eigenvalue weighted by atomic mass is 10.2. The Morgan fingerprint density at radius 3 is 2.85 bits per heavy atom. The highest BCUT2D eigenvalue weighted by Gasteiger charge is 2.23. The van der Waals surface area contributed by atoms with Crippen LogP contribution >= 0.6 is 11.6 Å². The number of hydrogen-bond acceptors (Lipinski definition) is 6. The summed E-state index contributed by atoms with van der Waals surface area (Å²) in [5, 5.41) is 13.3. The van der Waals surface area contributed by atoms with E-state index in [0.717, 1.165) is 30.8 Å². The Morgan fingerprint density at radius 2 is 2.08 bits per heavy atom. The summed E-state index contributed by atoms with van der Waals surface area (Å²) in [4.78, 5) is 2.27. The van der Waals surface area contributed by atoms with Crippen LogP contribution in [0.4, 0.5) is 0 Å². The van der Waals surface area contributed by atoms with Crippen molar-refractivity contribution in [1.82, 2.24) is 24.9 Å². The third kappa shape index (κ3) is 4.12. The van der Waals surface area contributed by atoms with E-state index in [1.54, 1.807) is 0 Å². The predicted octanol–water partition coefficient (Wildman–Crippen LogP) is 2.80. The highest BCUT2D eigenvalue weighted by molar-refractivity contribution is 6.30. The molecule has 0 amide bonds. The van der Waals surface area contributed by atoms with Crippen LogP contribution in [0.25, 0.3) is 11.5 Å². The number of benzene rings is 1. The van der Waals surface area contributed by atoms with E-state index in [-0.39, 0.29) is 6.10 Å². The van der Waals surface area contributed by atoms with Gasteiger partial charge in [0.15, 0.2) is 0 Å². The molecule has 1 atom stereocenters. The van der Waals surface area contributed by atoms with Gasteiger partial charge in [0.25, 0.3) is 0 Å². The molecule has 8 heteroatoms. The van der Waals surface area contributed by atoms with Crippen molar-refractivity contribution in [2.24, 2.45) is 0 Å². The number of ether oxygens (including phenoxy) is 1. The highest BCUT2D eigenvalue weighted by atomic mass is 35.5. The Morgan fingerprint density at radius 1 is 1.23 bits per heavy atom. The molecular weight excluding hydrogens is 354 g/mol. The molecule has 0 bridgehead atoms. The SMILES string of the molecule is Cc1cnn(CC2CN(Cc3nnc(-c4ccc(Cl)cc4)o3)CCO2)c1. The molecule has 0 radical (unpaired) electrons. The maximum absolute atomic E-state index is 5.91. The van der Waals surface area contributed by atoms with Crippen LogP contribution in [-0.2, 0) is 17.8 Å². The van der Waals surface area contributed by atoms with Gasteiger partial charge in [0.05, 0.1) is 32.0 Å². The molecule has 0 N–H and O–H groups in total. The summed E-state index contributed by atoms with van der Waals surface area (Å²) in [6.07, 6.45) is 3.98. The Bertz CT molecular complexity index is 861. The van der Waals surface area contributed by atoms with Gasteiger partial charge in [-0.2, -0.15) is 5.10 Å². The minimum Gasteiger partial charge on any atom is -0.419 e. The molecule has 4 rings (SSSR count). The van der Waals surface area contributed by atoms with Gasteiger partial charge in [-0.1, -0.05) is 11.6 Å². The van der Waals surface area contributed by atoms with Crippen LogP contribution in [0.2, 0.25) is 5.02 Å². The Balaban J connectivity index is 1.37. The van der Waals surface area contributed by atoms with Crippen molar-refractivity contribution in [2.45, 2.75) is 26.1 Å². The Hall–Kier alpha value is -2.22. The monoisotopic (exact) mass is 373 g/mol. The fraction of sp³-hybridized carbons (Fsp3) is 0.389. The maximum atomic E-state index is 5.91. The lowest BCUT2D eigenvalue weighted by molar-refractivity contribution is -0.0422. The first-order valence-electron chi connectivity index (χ1n) is 8.57. The van der Waals surface area contributed by atoms with Crippen molar-refractivity contribution in [3.05, 3.63) is 53.1 Å². The van der Waals surface area contributed by atoms with E-state index in [4.69, 9.17) is 20.8 Å². The minimum absolute atomic E-state index is 0.0988. The standard InChI is InChI=1S/C18H20ClN5O2/c1-13-8-20-24(9-13)11-16-10-23(6-7-25-16)12-17-21-22-18(26-17)14-2-4-15(19)5-3-14/h2-5,8-9,16H,6-7,10-12H2,1H3. The van der Waals surface area contributed by atoms with E-state index in [0.29, 0.717) is 30.0 Å². The van der Waals surface area contributed by atoms with Crippen molar-refractivity contribution >= 4 is 11.6 Å². The molecule has 1 aliphatic heterocycles. The van der Waals surface area contributed by atoms with Gasteiger partial charge in [-0.25, -0.2) is 0 Å². The maximum Gasteiger partial charge on any atom is 0.247 e. The van der Waals surface area contributed by atoms with Crippen LogP contribution in [0.3, 0.4) is 0 Å². The third-order valence-electron chi connectivity index (χ3n) is 4.29. The highest BCUT2D eigenvalue weighted by Crippen LogP contribution is 2.21. The Kier molecular flexibility index (Phi) is 5.01. The molecule has 3 aromatic rings. The van der Waals surface area contributed by atoms with Gasteiger partial charge in [0, 0.05) is 29.9 Å². The zero-order valence-electron chi connectivity index (χ0n) is 14.5. The molecule has 0 aliphatic carbocycles. The van der Waals surface area contributed by atoms with Crippen LogP contribution in [0.1, 0.15) is 11.5 Å². The molecule has 7 nitrogen and oxygen atoms in total. The summed E-state index contributed by atoms with van der Waals surface area (Å²) in [7, 11) is 0. The minimum atomic E-state index is 0.0988. The van der Waals surface area contributed by atoms with Gasteiger partial charge >= 0.3 is 0 Å². The van der Waals surface area contributed by atoms with Crippen molar-refractivity contribution in [3.63, 3.8) is 0 Å². The van der Waals surface area contributed by atoms with Gasteiger partial charge in [0.1, 0.15) is 0 Å². The molecule has 1 saturated heterocycles. The van der Waals surface area contributed by atoms with E-state index in [1.165, 1.54) is 0 Å². The zero-order valence-corrected chi connectivity index (χ0v) is 15.3. The number of hydrogen-bond donors (Lipinski definition) is 0. The lowest BCUT2D eigenvalue weighted by Crippen LogP contribution is -2.43. The summed E-state index contributed by atoms with van der Waals surface area (Å²) < 4.78 is 13.6. The lowest BCUT2D eigenvalue weighted by Gasteiger charge is -2.31. The number of rotatable bonds is 5. The first-order valence-corrected chi connectivity index (χ1v) is 8.95. The first-order chi connectivity index (χ1) is 12.7. The van der Waals surface area contributed by atoms with Gasteiger partial charge in [-0.15, -0.1) is 10.2 Å². The van der Waals surface area contributed by atoms with Gasteiger partial charge in [-0.3, -0.25) is 9.58 Å². The van der Waals surface area contributed by atoms with E-state index < -0.39 is 0 Å². The fourth-order valence-corrected chi connectivity index (χ4v) is 3.15. The van der Waals surface area contributed by atoms with Gasteiger partial charge in [0.2, 0.25) is 11.8 Å². The van der Waals surface area contributed by atoms with Gasteiger partial charge in [-0.05, 0) is 36.8 Å². The first kappa shape index (κ1) is 17.2. The molecule has 3 heterocycles. The molecule has 1 unspecified atom stereocenters. The third-order valence-corrected chi connectivity index (χ3v) is 4.54. The fourth-order valence-electron chi connectivity index (χ4n) is 3.03. The van der Waals surface area contributed by atoms with Crippen LogP contribution in [0.15, 0.2) is 41.1 Å². The summed E-state index contributed by atoms with van der Waals surface area (Å²) >= 11 is 5.91. The topological polar surface area (TPSA) is 69.2 Å². The van der Waals surface area contributed by atoms with Crippen molar-refractivity contribution in [3.8, 4) is 11.5 Å². The molecule has 136 valence electrons. The molecule has 1 fully saturated rings. The predicted molar refractivity (Wildman–Crippen MR) is 96.7 cm³/mol. The normalized spacial score (nSPS) is 18.3. The Labute approximate surface area is 156 Å². The van der Waals surface area contributed by atoms with Crippen molar-refractivity contribution in [1.29, 1.82) is 0 Å². The number of halogens is 1. The van der Waals surface area contributed by atoms with E-state index in [9.17, 15) is 0 Å². The van der Waals surface area contributed by atoms with Crippen LogP contribution < -0.4 is 0 Å². The number of nitrogens with zero attached hydrogens (tertiary/aromatic N) is 5. The summed E-state index contributed by atoms with van der Waals surface area (Å²) in [6.45, 7) is 5.71. The summed E-state index contributed by atoms with van der Waals surface area (Å²) in [5.41, 5.74) is 2.01. The largest absolute Gasteiger partial charge is 0.419 e. The van der Waals surface area contributed by atoms with Crippen molar-refractivity contribution < 1.29 is 9.15 Å². The van der Waals surface area contributed by atoms with Crippen molar-refractivity contribution in [2.75, 3.05) is 19.7 Å². The average molecular weight is 374 g/mol. The number of aryl methyl sites for hydroxylation is 1. The number of aromatic nitrogens is 4.